The van der Waals surface area contributed by atoms with E-state index in [1.54, 1.807) is 0 Å². The molecule has 1 heterocycles. The van der Waals surface area contributed by atoms with Gasteiger partial charge in [-0.1, -0.05) is 38.0 Å². The van der Waals surface area contributed by atoms with Gasteiger partial charge in [-0.3, -0.25) is 0 Å². The highest BCUT2D eigenvalue weighted by Crippen LogP contribution is 2.19. The number of nitrogens with zero attached hydrogens (tertiary/aromatic N) is 1. The van der Waals surface area contributed by atoms with E-state index in [-0.39, 0.29) is 0 Å². The van der Waals surface area contributed by atoms with Crippen LogP contribution in [0, 0.1) is 6.92 Å². The van der Waals surface area contributed by atoms with Crippen molar-refractivity contribution in [3.8, 4) is 11.5 Å². The lowest BCUT2D eigenvalue weighted by Gasteiger charge is -1.95. The van der Waals surface area contributed by atoms with Gasteiger partial charge in [-0.15, -0.1) is 0 Å². The van der Waals surface area contributed by atoms with Gasteiger partial charge < -0.3 is 4.42 Å². The van der Waals surface area contributed by atoms with Crippen LogP contribution in [0.25, 0.3) is 11.5 Å². The Morgan fingerprint density at radius 2 is 1.94 bits per heavy atom. The van der Waals surface area contributed by atoms with Gasteiger partial charge in [0.2, 0.25) is 5.89 Å². The van der Waals surface area contributed by atoms with Gasteiger partial charge in [0.25, 0.3) is 0 Å². The van der Waals surface area contributed by atoms with E-state index < -0.39 is 0 Å². The standard InChI is InChI=1S/C14H16NO/c1-2-3-5-10-13-11-15-14(16-13)12-8-6-4-7-9-12/h4,6-9,11H,1-3,5,10H2. The molecule has 2 nitrogen and oxygen atoms in total. The van der Waals surface area contributed by atoms with Gasteiger partial charge in [0, 0.05) is 12.0 Å². The van der Waals surface area contributed by atoms with E-state index in [9.17, 15) is 0 Å². The fraction of sp³-hybridized carbons (Fsp3) is 0.286. The largest absolute Gasteiger partial charge is 0.441 e. The van der Waals surface area contributed by atoms with E-state index in [2.05, 4.69) is 11.9 Å². The van der Waals surface area contributed by atoms with Crippen molar-refractivity contribution in [1.29, 1.82) is 0 Å². The molecular weight excluding hydrogens is 198 g/mol. The normalized spacial score (nSPS) is 10.6. The third-order valence-electron chi connectivity index (χ3n) is 2.50. The first-order valence-electron chi connectivity index (χ1n) is 5.69. The maximum atomic E-state index is 5.68. The zero-order valence-corrected chi connectivity index (χ0v) is 9.36. The summed E-state index contributed by atoms with van der Waals surface area (Å²) in [7, 11) is 0. The molecule has 16 heavy (non-hydrogen) atoms. The number of rotatable bonds is 5. The predicted molar refractivity (Wildman–Crippen MR) is 64.9 cm³/mol. The van der Waals surface area contributed by atoms with Gasteiger partial charge in [-0.25, -0.2) is 4.98 Å². The van der Waals surface area contributed by atoms with Crippen LogP contribution < -0.4 is 0 Å². The number of aromatic nitrogens is 1. The zero-order valence-electron chi connectivity index (χ0n) is 9.36. The number of oxazole rings is 1. The Morgan fingerprint density at radius 1 is 1.12 bits per heavy atom. The van der Waals surface area contributed by atoms with Crippen LogP contribution in [0.4, 0.5) is 0 Å². The fourth-order valence-corrected chi connectivity index (χ4v) is 1.61. The summed E-state index contributed by atoms with van der Waals surface area (Å²) >= 11 is 0. The Balaban J connectivity index is 2.02. The summed E-state index contributed by atoms with van der Waals surface area (Å²) in [4.78, 5) is 4.28. The van der Waals surface area contributed by atoms with Crippen molar-refractivity contribution < 1.29 is 4.42 Å². The number of hydrogen-bond acceptors (Lipinski definition) is 2. The first-order chi connectivity index (χ1) is 7.90. The van der Waals surface area contributed by atoms with Crippen LogP contribution in [-0.4, -0.2) is 4.98 Å². The zero-order chi connectivity index (χ0) is 11.2. The Morgan fingerprint density at radius 3 is 2.69 bits per heavy atom. The molecule has 2 aromatic rings. The maximum Gasteiger partial charge on any atom is 0.226 e. The molecule has 0 saturated carbocycles. The third kappa shape index (κ3) is 2.72. The van der Waals surface area contributed by atoms with Crippen LogP contribution >= 0.6 is 0 Å². The summed E-state index contributed by atoms with van der Waals surface area (Å²) in [5, 5.41) is 0. The fourth-order valence-electron chi connectivity index (χ4n) is 1.61. The van der Waals surface area contributed by atoms with Crippen molar-refractivity contribution in [1.82, 2.24) is 4.98 Å². The highest BCUT2D eigenvalue weighted by Gasteiger charge is 2.05. The second-order valence-corrected chi connectivity index (χ2v) is 3.81. The van der Waals surface area contributed by atoms with Crippen LogP contribution in [-0.2, 0) is 6.42 Å². The molecule has 0 aliphatic carbocycles. The molecular formula is C14H16NO. The van der Waals surface area contributed by atoms with Gasteiger partial charge in [0.15, 0.2) is 0 Å². The predicted octanol–water partition coefficient (Wildman–Crippen LogP) is 3.89. The number of benzene rings is 1. The Hall–Kier alpha value is -1.57. The van der Waals surface area contributed by atoms with Crippen LogP contribution in [0.15, 0.2) is 40.9 Å². The minimum atomic E-state index is 0.713. The molecule has 1 aromatic heterocycles. The summed E-state index contributed by atoms with van der Waals surface area (Å²) in [5.74, 6) is 1.68. The third-order valence-corrected chi connectivity index (χ3v) is 2.50. The average molecular weight is 214 g/mol. The van der Waals surface area contributed by atoms with Crippen molar-refractivity contribution in [3.05, 3.63) is 49.2 Å². The highest BCUT2D eigenvalue weighted by molar-refractivity contribution is 5.52. The van der Waals surface area contributed by atoms with Crippen LogP contribution in [0.3, 0.4) is 0 Å². The second kappa shape index (κ2) is 5.50. The lowest BCUT2D eigenvalue weighted by atomic mass is 10.2. The second-order valence-electron chi connectivity index (χ2n) is 3.81. The quantitative estimate of drug-likeness (QED) is 0.706. The summed E-state index contributed by atoms with van der Waals surface area (Å²) in [6.07, 6.45) is 6.02. The molecule has 0 unspecified atom stereocenters. The molecule has 0 aliphatic heterocycles. The molecule has 2 rings (SSSR count). The number of unbranched alkanes of at least 4 members (excludes halogenated alkanes) is 2. The van der Waals surface area contributed by atoms with Gasteiger partial charge in [-0.05, 0) is 18.6 Å². The van der Waals surface area contributed by atoms with Crippen molar-refractivity contribution >= 4 is 0 Å². The summed E-state index contributed by atoms with van der Waals surface area (Å²) < 4.78 is 5.68. The molecule has 0 bridgehead atoms. The Kier molecular flexibility index (Phi) is 3.76. The van der Waals surface area contributed by atoms with E-state index in [4.69, 9.17) is 4.42 Å². The molecule has 1 aromatic carbocycles. The van der Waals surface area contributed by atoms with E-state index >= 15 is 0 Å². The van der Waals surface area contributed by atoms with E-state index in [1.807, 2.05) is 36.5 Å². The van der Waals surface area contributed by atoms with Crippen LogP contribution in [0.1, 0.15) is 25.0 Å². The monoisotopic (exact) mass is 214 g/mol. The van der Waals surface area contributed by atoms with Crippen molar-refractivity contribution in [3.63, 3.8) is 0 Å². The van der Waals surface area contributed by atoms with Crippen LogP contribution in [0.2, 0.25) is 0 Å². The van der Waals surface area contributed by atoms with Crippen molar-refractivity contribution in [2.75, 3.05) is 0 Å². The highest BCUT2D eigenvalue weighted by atomic mass is 16.4. The summed E-state index contributed by atoms with van der Waals surface area (Å²) in [6, 6.07) is 9.97. The minimum absolute atomic E-state index is 0.713. The average Bonchev–Trinajstić information content (AvgIpc) is 2.79. The molecule has 0 saturated heterocycles. The first kappa shape index (κ1) is 10.9. The number of hydrogen-bond donors (Lipinski definition) is 0. The lowest BCUT2D eigenvalue weighted by Crippen LogP contribution is -1.81. The molecule has 0 aliphatic rings. The minimum Gasteiger partial charge on any atom is -0.441 e. The van der Waals surface area contributed by atoms with E-state index in [1.165, 1.54) is 0 Å². The molecule has 0 spiro atoms. The molecule has 2 heteroatoms. The van der Waals surface area contributed by atoms with Gasteiger partial charge >= 0.3 is 0 Å². The van der Waals surface area contributed by atoms with Gasteiger partial charge in [0.1, 0.15) is 5.76 Å². The van der Waals surface area contributed by atoms with E-state index in [0.717, 1.165) is 37.0 Å². The summed E-state index contributed by atoms with van der Waals surface area (Å²) in [5.41, 5.74) is 1.03. The number of aryl methyl sites for hydroxylation is 1. The summed E-state index contributed by atoms with van der Waals surface area (Å²) in [6.45, 7) is 3.82. The van der Waals surface area contributed by atoms with Gasteiger partial charge in [-0.2, -0.15) is 0 Å². The molecule has 83 valence electrons. The van der Waals surface area contributed by atoms with E-state index in [0.29, 0.717) is 5.89 Å². The molecule has 0 N–H and O–H groups in total. The molecule has 1 radical (unpaired) electrons. The van der Waals surface area contributed by atoms with Gasteiger partial charge in [0.05, 0.1) is 6.20 Å². The molecule has 0 atom stereocenters. The SMILES string of the molecule is [CH2]CCCCc1cnc(-c2ccccc2)o1. The van der Waals surface area contributed by atoms with Crippen molar-refractivity contribution in [2.24, 2.45) is 0 Å². The molecule has 0 fully saturated rings. The maximum absolute atomic E-state index is 5.68. The first-order valence-corrected chi connectivity index (χ1v) is 5.69. The van der Waals surface area contributed by atoms with Crippen LogP contribution in [0.5, 0.6) is 0 Å². The Labute approximate surface area is 96.3 Å². The lowest BCUT2D eigenvalue weighted by molar-refractivity contribution is 0.506. The van der Waals surface area contributed by atoms with Crippen molar-refractivity contribution in [2.45, 2.75) is 25.7 Å². The topological polar surface area (TPSA) is 26.0 Å². The smallest absolute Gasteiger partial charge is 0.226 e. The molecule has 0 amide bonds. The Bertz CT molecular complexity index is 419.